The molecular formula is C24H21FN2O6S. The van der Waals surface area contributed by atoms with Crippen LogP contribution in [0.5, 0.6) is 5.75 Å². The molecule has 8 nitrogen and oxygen atoms in total. The zero-order valence-corrected chi connectivity index (χ0v) is 19.0. The number of nitrogens with one attached hydrogen (secondary N) is 1. The van der Waals surface area contributed by atoms with Crippen molar-refractivity contribution in [1.82, 2.24) is 0 Å². The molecule has 3 aromatic rings. The minimum atomic E-state index is -3.95. The number of para-hydroxylation sites is 1. The molecule has 0 aliphatic carbocycles. The highest BCUT2D eigenvalue weighted by molar-refractivity contribution is 7.92. The molecule has 0 saturated carbocycles. The summed E-state index contributed by atoms with van der Waals surface area (Å²) < 4.78 is 51.4. The van der Waals surface area contributed by atoms with Crippen molar-refractivity contribution in [1.29, 1.82) is 0 Å². The quantitative estimate of drug-likeness (QED) is 0.516. The van der Waals surface area contributed by atoms with Gasteiger partial charge in [0.15, 0.2) is 6.61 Å². The number of methoxy groups -OCH3 is 1. The number of carbonyl (C=O) groups is 2. The largest absolute Gasteiger partial charge is 0.496 e. The molecule has 34 heavy (non-hydrogen) atoms. The number of esters is 1. The van der Waals surface area contributed by atoms with Crippen molar-refractivity contribution in [2.24, 2.45) is 0 Å². The lowest BCUT2D eigenvalue weighted by atomic mass is 10.2. The molecule has 1 amide bonds. The second kappa shape index (κ2) is 9.52. The number of benzene rings is 3. The van der Waals surface area contributed by atoms with Gasteiger partial charge < -0.3 is 14.8 Å². The summed E-state index contributed by atoms with van der Waals surface area (Å²) in [5, 5.41) is 2.41. The second-order valence-corrected chi connectivity index (χ2v) is 9.31. The smallest absolute Gasteiger partial charge is 0.342 e. The van der Waals surface area contributed by atoms with E-state index in [1.165, 1.54) is 47.8 Å². The van der Waals surface area contributed by atoms with Gasteiger partial charge in [-0.25, -0.2) is 17.6 Å². The van der Waals surface area contributed by atoms with E-state index in [4.69, 9.17) is 9.47 Å². The molecule has 1 aliphatic rings. The molecule has 0 aromatic heterocycles. The first kappa shape index (κ1) is 23.2. The number of rotatable bonds is 7. The minimum absolute atomic E-state index is 0.0938. The first-order valence-electron chi connectivity index (χ1n) is 10.3. The topological polar surface area (TPSA) is 102 Å². The van der Waals surface area contributed by atoms with Crippen LogP contribution in [0.4, 0.5) is 15.8 Å². The summed E-state index contributed by atoms with van der Waals surface area (Å²) in [7, 11) is -2.63. The van der Waals surface area contributed by atoms with Gasteiger partial charge in [-0.05, 0) is 54.4 Å². The van der Waals surface area contributed by atoms with E-state index in [2.05, 4.69) is 5.32 Å². The molecule has 0 atom stereocenters. The van der Waals surface area contributed by atoms with Crippen molar-refractivity contribution >= 4 is 33.3 Å². The summed E-state index contributed by atoms with van der Waals surface area (Å²) in [6.07, 6.45) is 0.584. The molecule has 3 aromatic carbocycles. The average Bonchev–Trinajstić information content (AvgIpc) is 3.27. The maximum Gasteiger partial charge on any atom is 0.342 e. The van der Waals surface area contributed by atoms with Crippen LogP contribution in [0.3, 0.4) is 0 Å². The molecule has 0 spiro atoms. The van der Waals surface area contributed by atoms with Crippen molar-refractivity contribution in [3.63, 3.8) is 0 Å². The number of anilines is 2. The molecule has 0 fully saturated rings. The van der Waals surface area contributed by atoms with Crippen molar-refractivity contribution < 1.29 is 31.9 Å². The number of halogens is 1. The highest BCUT2D eigenvalue weighted by atomic mass is 32.2. The molecule has 1 aliphatic heterocycles. The zero-order valence-electron chi connectivity index (χ0n) is 18.2. The second-order valence-electron chi connectivity index (χ2n) is 7.45. The van der Waals surface area contributed by atoms with Gasteiger partial charge in [0.25, 0.3) is 15.9 Å². The van der Waals surface area contributed by atoms with Crippen LogP contribution in [0.2, 0.25) is 0 Å². The number of amides is 1. The first-order chi connectivity index (χ1) is 16.3. The number of carbonyl (C=O) groups excluding carboxylic acids is 2. The van der Waals surface area contributed by atoms with Crippen molar-refractivity contribution in [3.8, 4) is 5.75 Å². The molecule has 0 saturated heterocycles. The van der Waals surface area contributed by atoms with Crippen LogP contribution in [0, 0.1) is 5.82 Å². The van der Waals surface area contributed by atoms with Crippen molar-refractivity contribution in [3.05, 3.63) is 83.7 Å². The monoisotopic (exact) mass is 484 g/mol. The predicted molar refractivity (Wildman–Crippen MR) is 123 cm³/mol. The fraction of sp³-hybridized carbons (Fsp3) is 0.167. The van der Waals surface area contributed by atoms with E-state index >= 15 is 0 Å². The van der Waals surface area contributed by atoms with Crippen LogP contribution >= 0.6 is 0 Å². The number of hydrogen-bond acceptors (Lipinski definition) is 6. The van der Waals surface area contributed by atoms with Gasteiger partial charge in [-0.1, -0.05) is 24.3 Å². The molecular weight excluding hydrogens is 463 g/mol. The molecule has 0 bridgehead atoms. The SMILES string of the molecule is COc1ccc(S(=O)(=O)N2CCc3ccccc32)cc1C(=O)OCC(=O)Nc1cccc(F)c1. The molecule has 0 radical (unpaired) electrons. The van der Waals surface area contributed by atoms with Gasteiger partial charge in [0.05, 0.1) is 17.7 Å². The summed E-state index contributed by atoms with van der Waals surface area (Å²) in [6, 6.07) is 16.3. The minimum Gasteiger partial charge on any atom is -0.496 e. The van der Waals surface area contributed by atoms with Crippen LogP contribution in [-0.4, -0.2) is 40.6 Å². The third-order valence-electron chi connectivity index (χ3n) is 5.27. The number of hydrogen-bond donors (Lipinski definition) is 1. The Morgan fingerprint density at radius 1 is 1.06 bits per heavy atom. The Morgan fingerprint density at radius 3 is 2.62 bits per heavy atom. The summed E-state index contributed by atoms with van der Waals surface area (Å²) in [6.45, 7) is -0.372. The molecule has 4 rings (SSSR count). The third kappa shape index (κ3) is 4.72. The van der Waals surface area contributed by atoms with E-state index in [0.29, 0.717) is 12.1 Å². The van der Waals surface area contributed by atoms with E-state index in [0.717, 1.165) is 11.6 Å². The fourth-order valence-corrected chi connectivity index (χ4v) is 5.19. The Bertz CT molecular complexity index is 1360. The molecule has 1 heterocycles. The van der Waals surface area contributed by atoms with Crippen LogP contribution in [0.1, 0.15) is 15.9 Å². The maximum atomic E-state index is 13.3. The molecule has 1 N–H and O–H groups in total. The first-order valence-corrected chi connectivity index (χ1v) is 11.7. The number of nitrogens with zero attached hydrogens (tertiary/aromatic N) is 1. The lowest BCUT2D eigenvalue weighted by Crippen LogP contribution is -2.29. The summed E-state index contributed by atoms with van der Waals surface area (Å²) >= 11 is 0. The van der Waals surface area contributed by atoms with Crippen molar-refractivity contribution in [2.75, 3.05) is 29.9 Å². The molecule has 10 heteroatoms. The van der Waals surface area contributed by atoms with Gasteiger partial charge in [0.2, 0.25) is 0 Å². The van der Waals surface area contributed by atoms with E-state index in [1.54, 1.807) is 12.1 Å². The molecule has 176 valence electrons. The van der Waals surface area contributed by atoms with E-state index in [-0.39, 0.29) is 28.4 Å². The predicted octanol–water partition coefficient (Wildman–Crippen LogP) is 3.38. The summed E-state index contributed by atoms with van der Waals surface area (Å²) in [5.41, 5.74) is 1.58. The average molecular weight is 485 g/mol. The molecule has 0 unspecified atom stereocenters. The van der Waals surface area contributed by atoms with Crippen LogP contribution in [0.25, 0.3) is 0 Å². The Morgan fingerprint density at radius 2 is 1.85 bits per heavy atom. The maximum absolute atomic E-state index is 13.3. The van der Waals surface area contributed by atoms with Gasteiger partial charge >= 0.3 is 5.97 Å². The van der Waals surface area contributed by atoms with E-state index in [9.17, 15) is 22.4 Å². The number of sulfonamides is 1. The summed E-state index contributed by atoms with van der Waals surface area (Å²) in [5.74, 6) is -2.06. The van der Waals surface area contributed by atoms with Gasteiger partial charge in [-0.15, -0.1) is 0 Å². The standard InChI is InChI=1S/C24H21FN2O6S/c1-32-22-10-9-19(34(30,31)27-12-11-16-5-2-3-8-21(16)27)14-20(22)24(29)33-15-23(28)26-18-7-4-6-17(25)13-18/h2-10,13-14H,11-12,15H2,1H3,(H,26,28). The van der Waals surface area contributed by atoms with Crippen molar-refractivity contribution in [2.45, 2.75) is 11.3 Å². The van der Waals surface area contributed by atoms with Gasteiger partial charge in [0, 0.05) is 12.2 Å². The number of fused-ring (bicyclic) bond motifs is 1. The van der Waals surface area contributed by atoms with Crippen LogP contribution < -0.4 is 14.4 Å². The summed E-state index contributed by atoms with van der Waals surface area (Å²) in [4.78, 5) is 24.7. The lowest BCUT2D eigenvalue weighted by molar-refractivity contribution is -0.119. The normalized spacial score (nSPS) is 12.7. The lowest BCUT2D eigenvalue weighted by Gasteiger charge is -2.20. The van der Waals surface area contributed by atoms with Crippen LogP contribution in [-0.2, 0) is 26.0 Å². The van der Waals surface area contributed by atoms with Gasteiger partial charge in [0.1, 0.15) is 17.1 Å². The Labute approximate surface area is 196 Å². The number of ether oxygens (including phenoxy) is 2. The van der Waals surface area contributed by atoms with Gasteiger partial charge in [-0.3, -0.25) is 9.10 Å². The van der Waals surface area contributed by atoms with Crippen LogP contribution in [0.15, 0.2) is 71.6 Å². The zero-order chi connectivity index (χ0) is 24.3. The highest BCUT2D eigenvalue weighted by Crippen LogP contribution is 2.34. The van der Waals surface area contributed by atoms with Gasteiger partial charge in [-0.2, -0.15) is 0 Å². The Kier molecular flexibility index (Phi) is 6.51. The van der Waals surface area contributed by atoms with E-state index in [1.807, 2.05) is 12.1 Å². The third-order valence-corrected chi connectivity index (χ3v) is 7.08. The van der Waals surface area contributed by atoms with E-state index < -0.39 is 34.3 Å². The highest BCUT2D eigenvalue weighted by Gasteiger charge is 2.31. The Hall–Kier alpha value is -3.92. The Balaban J connectivity index is 1.52. The fourth-order valence-electron chi connectivity index (χ4n) is 3.66.